The average Bonchev–Trinajstić information content (AvgIpc) is 3.30. The normalized spacial score (nSPS) is 20.8. The van der Waals surface area contributed by atoms with Crippen LogP contribution in [0.3, 0.4) is 0 Å². The summed E-state index contributed by atoms with van der Waals surface area (Å²) < 4.78 is 10.9. The Morgan fingerprint density at radius 1 is 1.36 bits per heavy atom. The Balaban J connectivity index is 1.71. The number of methoxy groups -OCH3 is 1. The van der Waals surface area contributed by atoms with Gasteiger partial charge in [-0.1, -0.05) is 18.2 Å². The van der Waals surface area contributed by atoms with Gasteiger partial charge in [0.05, 0.1) is 18.3 Å². The molecule has 1 aromatic carbocycles. The molecule has 2 aromatic rings. The van der Waals surface area contributed by atoms with Crippen LogP contribution in [0.5, 0.6) is 0 Å². The van der Waals surface area contributed by atoms with Crippen molar-refractivity contribution >= 4 is 11.6 Å². The topological polar surface area (TPSA) is 55.6 Å². The second-order valence-electron chi connectivity index (χ2n) is 5.95. The number of benzene rings is 1. The Labute approximate surface area is 128 Å². The van der Waals surface area contributed by atoms with Crippen LogP contribution in [0.15, 0.2) is 35.1 Å². The molecule has 4 rings (SSSR count). The number of hydrogen-bond acceptors (Lipinski definition) is 4. The maximum atomic E-state index is 13.0. The molecule has 5 heteroatoms. The molecule has 0 spiro atoms. The van der Waals surface area contributed by atoms with Gasteiger partial charge in [-0.15, -0.1) is 0 Å². The predicted molar refractivity (Wildman–Crippen MR) is 81.1 cm³/mol. The molecule has 22 heavy (non-hydrogen) atoms. The van der Waals surface area contributed by atoms with Crippen molar-refractivity contribution in [2.45, 2.75) is 31.3 Å². The fourth-order valence-electron chi connectivity index (χ4n) is 3.09. The molecule has 1 unspecified atom stereocenters. The van der Waals surface area contributed by atoms with E-state index in [2.05, 4.69) is 4.98 Å². The zero-order valence-corrected chi connectivity index (χ0v) is 12.5. The molecular formula is C17H18N2O3. The number of hydrogen-bond donors (Lipinski definition) is 0. The van der Waals surface area contributed by atoms with Gasteiger partial charge in [-0.25, -0.2) is 4.98 Å². The van der Waals surface area contributed by atoms with Crippen molar-refractivity contribution in [3.63, 3.8) is 0 Å². The largest absolute Gasteiger partial charge is 0.438 e. The molecule has 0 N–H and O–H groups in total. The van der Waals surface area contributed by atoms with Crippen molar-refractivity contribution in [3.05, 3.63) is 47.7 Å². The lowest BCUT2D eigenvalue weighted by Crippen LogP contribution is -2.43. The third-order valence-electron chi connectivity index (χ3n) is 4.45. The van der Waals surface area contributed by atoms with Crippen LogP contribution in [0.2, 0.25) is 0 Å². The van der Waals surface area contributed by atoms with E-state index in [1.165, 1.54) is 6.39 Å². The van der Waals surface area contributed by atoms with Crippen LogP contribution >= 0.6 is 0 Å². The quantitative estimate of drug-likeness (QED) is 0.874. The van der Waals surface area contributed by atoms with Gasteiger partial charge in [-0.3, -0.25) is 4.79 Å². The minimum absolute atomic E-state index is 0.00569. The summed E-state index contributed by atoms with van der Waals surface area (Å²) in [5, 5.41) is 0. The number of ether oxygens (including phenoxy) is 1. The predicted octanol–water partition coefficient (Wildman–Crippen LogP) is 2.77. The number of para-hydroxylation sites is 1. The number of aromatic nitrogens is 1. The van der Waals surface area contributed by atoms with Crippen molar-refractivity contribution in [1.82, 2.24) is 4.98 Å². The summed E-state index contributed by atoms with van der Waals surface area (Å²) in [5.41, 5.74) is 2.88. The fourth-order valence-corrected chi connectivity index (χ4v) is 3.09. The molecule has 0 radical (unpaired) electrons. The summed E-state index contributed by atoms with van der Waals surface area (Å²) in [4.78, 5) is 19.0. The van der Waals surface area contributed by atoms with Gasteiger partial charge in [0, 0.05) is 25.1 Å². The van der Waals surface area contributed by atoms with E-state index in [1.807, 2.05) is 24.3 Å². The average molecular weight is 298 g/mol. The second kappa shape index (κ2) is 5.25. The molecule has 1 aromatic heterocycles. The maximum Gasteiger partial charge on any atom is 0.296 e. The van der Waals surface area contributed by atoms with E-state index in [4.69, 9.17) is 9.15 Å². The first kappa shape index (κ1) is 13.5. The standard InChI is InChI=1S/C17H18N2O3/c1-21-13-8-12-4-2-3-5-14(12)19(9-13)17(20)16-15(11-6-7-11)18-10-22-16/h2-5,10-11,13H,6-9H2,1H3. The SMILES string of the molecule is COC1Cc2ccccc2N(C(=O)c2ocnc2C2CC2)C1. The molecule has 114 valence electrons. The van der Waals surface area contributed by atoms with Crippen LogP contribution < -0.4 is 4.90 Å². The Bertz CT molecular complexity index is 705. The Kier molecular flexibility index (Phi) is 3.22. The first-order chi connectivity index (χ1) is 10.8. The van der Waals surface area contributed by atoms with E-state index < -0.39 is 0 Å². The molecule has 2 heterocycles. The molecular weight excluding hydrogens is 280 g/mol. The number of oxazole rings is 1. The number of fused-ring (bicyclic) bond motifs is 1. The van der Waals surface area contributed by atoms with Crippen LogP contribution in [0, 0.1) is 0 Å². The third-order valence-corrected chi connectivity index (χ3v) is 4.45. The maximum absolute atomic E-state index is 13.0. The van der Waals surface area contributed by atoms with Gasteiger partial charge in [-0.2, -0.15) is 0 Å². The molecule has 1 fully saturated rings. The van der Waals surface area contributed by atoms with Crippen molar-refractivity contribution in [1.29, 1.82) is 0 Å². The second-order valence-corrected chi connectivity index (χ2v) is 5.95. The highest BCUT2D eigenvalue weighted by molar-refractivity contribution is 6.05. The highest BCUT2D eigenvalue weighted by Gasteiger charge is 2.36. The van der Waals surface area contributed by atoms with Gasteiger partial charge in [-0.05, 0) is 24.5 Å². The molecule has 1 amide bonds. The van der Waals surface area contributed by atoms with Gasteiger partial charge in [0.15, 0.2) is 6.39 Å². The highest BCUT2D eigenvalue weighted by atomic mass is 16.5. The lowest BCUT2D eigenvalue weighted by molar-refractivity contribution is 0.0850. The molecule has 1 aliphatic carbocycles. The van der Waals surface area contributed by atoms with E-state index in [1.54, 1.807) is 12.0 Å². The number of carbonyl (C=O) groups is 1. The number of rotatable bonds is 3. The monoisotopic (exact) mass is 298 g/mol. The summed E-state index contributed by atoms with van der Waals surface area (Å²) in [6.45, 7) is 0.539. The zero-order chi connectivity index (χ0) is 15.1. The highest BCUT2D eigenvalue weighted by Crippen LogP contribution is 2.41. The van der Waals surface area contributed by atoms with Crippen molar-refractivity contribution in [2.24, 2.45) is 0 Å². The molecule has 5 nitrogen and oxygen atoms in total. The van der Waals surface area contributed by atoms with Gasteiger partial charge in [0.1, 0.15) is 0 Å². The number of anilines is 1. The summed E-state index contributed by atoms with van der Waals surface area (Å²) in [6, 6.07) is 7.97. The first-order valence-corrected chi connectivity index (χ1v) is 7.64. The van der Waals surface area contributed by atoms with E-state index >= 15 is 0 Å². The zero-order valence-electron chi connectivity index (χ0n) is 12.5. The lowest BCUT2D eigenvalue weighted by Gasteiger charge is -2.33. The molecule has 1 aliphatic heterocycles. The van der Waals surface area contributed by atoms with Gasteiger partial charge in [0.25, 0.3) is 5.91 Å². The van der Waals surface area contributed by atoms with Crippen LogP contribution in [-0.2, 0) is 11.2 Å². The molecule has 2 aliphatic rings. The Hall–Kier alpha value is -2.14. The van der Waals surface area contributed by atoms with Gasteiger partial charge < -0.3 is 14.1 Å². The third kappa shape index (κ3) is 2.22. The summed E-state index contributed by atoms with van der Waals surface area (Å²) in [5.74, 6) is 0.651. The smallest absolute Gasteiger partial charge is 0.296 e. The van der Waals surface area contributed by atoms with Crippen molar-refractivity contribution in [3.8, 4) is 0 Å². The Morgan fingerprint density at radius 3 is 2.95 bits per heavy atom. The van der Waals surface area contributed by atoms with E-state index in [9.17, 15) is 4.79 Å². The van der Waals surface area contributed by atoms with Crippen molar-refractivity contribution < 1.29 is 13.9 Å². The number of amides is 1. The first-order valence-electron chi connectivity index (χ1n) is 7.64. The van der Waals surface area contributed by atoms with E-state index in [0.29, 0.717) is 18.2 Å². The summed E-state index contributed by atoms with van der Waals surface area (Å²) in [7, 11) is 1.69. The van der Waals surface area contributed by atoms with Crippen LogP contribution in [0.1, 0.15) is 40.6 Å². The minimum Gasteiger partial charge on any atom is -0.438 e. The number of carbonyl (C=O) groups excluding carboxylic acids is 1. The van der Waals surface area contributed by atoms with Crippen LogP contribution in [0.25, 0.3) is 0 Å². The van der Waals surface area contributed by atoms with E-state index in [-0.39, 0.29) is 12.0 Å². The lowest BCUT2D eigenvalue weighted by atomic mass is 9.99. The molecule has 0 saturated heterocycles. The minimum atomic E-state index is -0.117. The summed E-state index contributed by atoms with van der Waals surface area (Å²) in [6.07, 6.45) is 4.38. The number of nitrogens with zero attached hydrogens (tertiary/aromatic N) is 2. The molecule has 0 bridgehead atoms. The molecule has 1 atom stereocenters. The van der Waals surface area contributed by atoms with Gasteiger partial charge >= 0.3 is 0 Å². The van der Waals surface area contributed by atoms with Crippen LogP contribution in [0.4, 0.5) is 5.69 Å². The summed E-state index contributed by atoms with van der Waals surface area (Å²) >= 11 is 0. The van der Waals surface area contributed by atoms with E-state index in [0.717, 1.165) is 36.2 Å². The van der Waals surface area contributed by atoms with Crippen LogP contribution in [-0.4, -0.2) is 30.6 Å². The fraction of sp³-hybridized carbons (Fsp3) is 0.412. The van der Waals surface area contributed by atoms with Gasteiger partial charge in [0.2, 0.25) is 5.76 Å². The molecule has 1 saturated carbocycles. The van der Waals surface area contributed by atoms with Crippen molar-refractivity contribution in [2.75, 3.05) is 18.6 Å². The Morgan fingerprint density at radius 2 is 2.18 bits per heavy atom.